The van der Waals surface area contributed by atoms with Crippen molar-refractivity contribution < 1.29 is 17.7 Å². The van der Waals surface area contributed by atoms with Crippen LogP contribution in [0.3, 0.4) is 0 Å². The van der Waals surface area contributed by atoms with Gasteiger partial charge in [0.25, 0.3) is 15.9 Å². The molecule has 188 valence electrons. The van der Waals surface area contributed by atoms with Gasteiger partial charge in [-0.3, -0.25) is 4.79 Å². The zero-order chi connectivity index (χ0) is 26.0. The molecule has 2 aromatic heterocycles. The normalized spacial score (nSPS) is 11.6. The number of hydrogen-bond donors (Lipinski definition) is 2. The summed E-state index contributed by atoms with van der Waals surface area (Å²) in [5.41, 5.74) is 9.06. The van der Waals surface area contributed by atoms with Crippen LogP contribution in [0.5, 0.6) is 0 Å². The molecule has 0 aliphatic heterocycles. The van der Waals surface area contributed by atoms with Crippen molar-refractivity contribution in [1.29, 1.82) is 0 Å². The number of imidazole rings is 1. The first-order chi connectivity index (χ1) is 17.1. The number of nitrogens with one attached hydrogen (secondary N) is 1. The van der Waals surface area contributed by atoms with Crippen molar-refractivity contribution in [3.8, 4) is 11.1 Å². The number of amides is 1. The van der Waals surface area contributed by atoms with Gasteiger partial charge in [-0.15, -0.1) is 0 Å². The van der Waals surface area contributed by atoms with Crippen LogP contribution >= 0.6 is 11.6 Å². The number of carbonyl (C=O) groups excluding carboxylic acids is 1. The summed E-state index contributed by atoms with van der Waals surface area (Å²) in [4.78, 5) is 16.4. The highest BCUT2D eigenvalue weighted by Crippen LogP contribution is 2.30. The van der Waals surface area contributed by atoms with Gasteiger partial charge in [0.15, 0.2) is 5.15 Å². The Morgan fingerprint density at radius 3 is 2.44 bits per heavy atom. The maximum absolute atomic E-state index is 13.2. The summed E-state index contributed by atoms with van der Waals surface area (Å²) >= 11 is 6.18. The van der Waals surface area contributed by atoms with E-state index in [1.54, 1.807) is 36.6 Å². The van der Waals surface area contributed by atoms with Crippen molar-refractivity contribution in [3.63, 3.8) is 0 Å². The van der Waals surface area contributed by atoms with Gasteiger partial charge < -0.3 is 14.8 Å². The van der Waals surface area contributed by atoms with Gasteiger partial charge in [-0.05, 0) is 37.5 Å². The molecule has 36 heavy (non-hydrogen) atoms. The number of carbonyl (C=O) groups is 1. The SMILES string of the molecule is CCCc1nc(Cl)c(C(N)=O)n1Cc1ccc(-c2ccccc2S(=O)(=O)Nc2onc(C)c2C)cc1. The average Bonchev–Trinajstić information content (AvgIpc) is 3.32. The van der Waals surface area contributed by atoms with Crippen molar-refractivity contribution in [2.75, 3.05) is 4.72 Å². The van der Waals surface area contributed by atoms with Crippen LogP contribution in [0.4, 0.5) is 5.88 Å². The lowest BCUT2D eigenvalue weighted by atomic mass is 10.0. The van der Waals surface area contributed by atoms with E-state index in [4.69, 9.17) is 21.9 Å². The minimum absolute atomic E-state index is 0.0878. The number of hydrogen-bond acceptors (Lipinski definition) is 6. The second-order valence-corrected chi connectivity index (χ2v) is 10.4. The fourth-order valence-corrected chi connectivity index (χ4v) is 5.46. The first-order valence-electron chi connectivity index (χ1n) is 11.3. The van der Waals surface area contributed by atoms with E-state index >= 15 is 0 Å². The van der Waals surface area contributed by atoms with Crippen molar-refractivity contribution in [2.45, 2.75) is 45.1 Å². The molecule has 0 bridgehead atoms. The molecule has 4 rings (SSSR count). The standard InChI is InChI=1S/C25H26ClN5O4S/c1-4-7-21-28-23(26)22(24(27)32)31(21)14-17-10-12-18(13-11-17)19-8-5-6-9-20(19)36(33,34)30-25-15(2)16(3)29-35-25/h5-6,8-13,30H,4,7,14H2,1-3H3,(H2,27,32). The fraction of sp³-hybridized carbons (Fsp3) is 0.240. The Hall–Kier alpha value is -3.63. The number of anilines is 1. The maximum Gasteiger partial charge on any atom is 0.268 e. The first-order valence-corrected chi connectivity index (χ1v) is 13.2. The van der Waals surface area contributed by atoms with Crippen LogP contribution in [0.25, 0.3) is 11.1 Å². The molecule has 9 nitrogen and oxygen atoms in total. The van der Waals surface area contributed by atoms with Gasteiger partial charge in [-0.1, -0.05) is 66.1 Å². The lowest BCUT2D eigenvalue weighted by Gasteiger charge is -2.13. The molecule has 0 aliphatic rings. The number of aryl methyl sites for hydroxylation is 2. The van der Waals surface area contributed by atoms with Gasteiger partial charge in [0, 0.05) is 24.1 Å². The molecule has 3 N–H and O–H groups in total. The summed E-state index contributed by atoms with van der Waals surface area (Å²) in [5, 5.41) is 3.90. The Labute approximate surface area is 214 Å². The zero-order valence-electron chi connectivity index (χ0n) is 20.1. The Kier molecular flexibility index (Phi) is 7.18. The van der Waals surface area contributed by atoms with Crippen LogP contribution in [0, 0.1) is 13.8 Å². The van der Waals surface area contributed by atoms with Crippen LogP contribution < -0.4 is 10.5 Å². The van der Waals surface area contributed by atoms with Crippen molar-refractivity contribution >= 4 is 33.4 Å². The van der Waals surface area contributed by atoms with Gasteiger partial charge in [0.2, 0.25) is 5.88 Å². The number of nitrogens with zero attached hydrogens (tertiary/aromatic N) is 3. The van der Waals surface area contributed by atoms with Gasteiger partial charge in [0.05, 0.1) is 10.6 Å². The molecule has 0 fully saturated rings. The van der Waals surface area contributed by atoms with E-state index in [9.17, 15) is 13.2 Å². The third-order valence-electron chi connectivity index (χ3n) is 5.88. The predicted molar refractivity (Wildman–Crippen MR) is 138 cm³/mol. The lowest BCUT2D eigenvalue weighted by molar-refractivity contribution is 0.0991. The zero-order valence-corrected chi connectivity index (χ0v) is 21.7. The molecular formula is C25H26ClN5O4S. The third-order valence-corrected chi connectivity index (χ3v) is 7.53. The second-order valence-electron chi connectivity index (χ2n) is 8.39. The van der Waals surface area contributed by atoms with Gasteiger partial charge >= 0.3 is 0 Å². The molecule has 0 atom stereocenters. The number of rotatable bonds is 9. The number of benzene rings is 2. The van der Waals surface area contributed by atoms with Crippen LogP contribution in [0.1, 0.15) is 46.5 Å². The van der Waals surface area contributed by atoms with E-state index in [1.165, 1.54) is 6.07 Å². The average molecular weight is 528 g/mol. The molecule has 0 saturated heterocycles. The third kappa shape index (κ3) is 5.00. The van der Waals surface area contributed by atoms with Gasteiger partial charge in [-0.2, -0.15) is 0 Å². The molecule has 0 saturated carbocycles. The van der Waals surface area contributed by atoms with E-state index in [0.29, 0.717) is 41.2 Å². The summed E-state index contributed by atoms with van der Waals surface area (Å²) in [6.07, 6.45) is 1.48. The topological polar surface area (TPSA) is 133 Å². The Balaban J connectivity index is 1.65. The number of sulfonamides is 1. The largest absolute Gasteiger partial charge is 0.364 e. The molecule has 0 aliphatic carbocycles. The molecule has 1 amide bonds. The minimum atomic E-state index is -3.95. The number of nitrogens with two attached hydrogens (primary N) is 1. The first kappa shape index (κ1) is 25.5. The van der Waals surface area contributed by atoms with E-state index in [1.807, 2.05) is 31.2 Å². The molecular weight excluding hydrogens is 502 g/mol. The van der Waals surface area contributed by atoms with E-state index in [0.717, 1.165) is 12.0 Å². The van der Waals surface area contributed by atoms with Gasteiger partial charge in [0.1, 0.15) is 11.5 Å². The molecule has 0 spiro atoms. The van der Waals surface area contributed by atoms with Crippen LogP contribution in [-0.4, -0.2) is 29.0 Å². The maximum atomic E-state index is 13.2. The van der Waals surface area contributed by atoms with Crippen molar-refractivity contribution in [1.82, 2.24) is 14.7 Å². The van der Waals surface area contributed by atoms with Crippen molar-refractivity contribution in [3.05, 3.63) is 82.0 Å². The second kappa shape index (κ2) is 10.2. The monoisotopic (exact) mass is 527 g/mol. The number of aromatic nitrogens is 3. The predicted octanol–water partition coefficient (Wildman–Crippen LogP) is 4.71. The highest BCUT2D eigenvalue weighted by molar-refractivity contribution is 7.92. The van der Waals surface area contributed by atoms with E-state index in [2.05, 4.69) is 14.9 Å². The molecule has 11 heteroatoms. The number of halogens is 1. The Morgan fingerprint density at radius 2 is 1.83 bits per heavy atom. The summed E-state index contributed by atoms with van der Waals surface area (Å²) in [5.74, 6) is 0.126. The minimum Gasteiger partial charge on any atom is -0.364 e. The lowest BCUT2D eigenvalue weighted by Crippen LogP contribution is -2.19. The summed E-state index contributed by atoms with van der Waals surface area (Å²) in [6, 6.07) is 14.1. The Bertz CT molecular complexity index is 1520. The van der Waals surface area contributed by atoms with Crippen LogP contribution in [-0.2, 0) is 23.0 Å². The highest BCUT2D eigenvalue weighted by atomic mass is 35.5. The van der Waals surface area contributed by atoms with E-state index in [-0.39, 0.29) is 21.6 Å². The summed E-state index contributed by atoms with van der Waals surface area (Å²) in [7, 11) is -3.95. The molecule has 0 unspecified atom stereocenters. The van der Waals surface area contributed by atoms with Gasteiger partial charge in [-0.25, -0.2) is 18.1 Å². The quantitative estimate of drug-likeness (QED) is 0.324. The molecule has 2 heterocycles. The van der Waals surface area contributed by atoms with Crippen LogP contribution in [0.2, 0.25) is 5.15 Å². The van der Waals surface area contributed by atoms with Crippen LogP contribution in [0.15, 0.2) is 57.9 Å². The smallest absolute Gasteiger partial charge is 0.268 e. The van der Waals surface area contributed by atoms with Crippen molar-refractivity contribution in [2.24, 2.45) is 5.73 Å². The highest BCUT2D eigenvalue weighted by Gasteiger charge is 2.23. The Morgan fingerprint density at radius 1 is 1.14 bits per heavy atom. The summed E-state index contributed by atoms with van der Waals surface area (Å²) in [6.45, 7) is 5.83. The molecule has 4 aromatic rings. The fourth-order valence-electron chi connectivity index (χ4n) is 3.89. The molecule has 2 aromatic carbocycles. The number of primary amides is 1. The van der Waals surface area contributed by atoms with E-state index < -0.39 is 15.9 Å². The molecule has 0 radical (unpaired) electrons. The summed E-state index contributed by atoms with van der Waals surface area (Å²) < 4.78 is 35.8.